The molecule has 3 unspecified atom stereocenters. The monoisotopic (exact) mass is 186 g/mol. The maximum absolute atomic E-state index is 7.92. The van der Waals surface area contributed by atoms with Crippen molar-refractivity contribution in [2.75, 3.05) is 0 Å². The Hall–Kier alpha value is 0. The van der Waals surface area contributed by atoms with Crippen LogP contribution in [0.2, 0.25) is 0 Å². The first kappa shape index (κ1) is 9.55. The van der Waals surface area contributed by atoms with Crippen LogP contribution < -0.4 is 0 Å². The van der Waals surface area contributed by atoms with E-state index in [0.717, 1.165) is 19.3 Å². The summed E-state index contributed by atoms with van der Waals surface area (Å²) in [5.41, 5.74) is 0. The van der Waals surface area contributed by atoms with Gasteiger partial charge in [0.2, 0.25) is 0 Å². The summed E-state index contributed by atoms with van der Waals surface area (Å²) in [5, 5.41) is 0. The molecule has 0 saturated heterocycles. The normalized spacial score (nSPS) is 21.2. The van der Waals surface area contributed by atoms with Gasteiger partial charge in [-0.1, -0.05) is 66.7 Å². The predicted octanol–water partition coefficient (Wildman–Crippen LogP) is 4.89. The fourth-order valence-electron chi connectivity index (χ4n) is 1.18. The Labute approximate surface area is 87.9 Å². The Balaban J connectivity index is 3.77. The Morgan fingerprint density at radius 1 is 0.923 bits per heavy atom. The van der Waals surface area contributed by atoms with E-state index in [2.05, 4.69) is 34.6 Å². The second-order valence-corrected chi connectivity index (χ2v) is 4.90. The molecule has 0 saturated carbocycles. The van der Waals surface area contributed by atoms with Gasteiger partial charge in [0.1, 0.15) is 0 Å². The van der Waals surface area contributed by atoms with E-state index in [1.54, 1.807) is 0 Å². The van der Waals surface area contributed by atoms with Crippen LogP contribution in [-0.4, -0.2) is 0 Å². The molecule has 0 N–H and O–H groups in total. The summed E-state index contributed by atoms with van der Waals surface area (Å²) in [6.45, 7) is 11.0. The van der Waals surface area contributed by atoms with Crippen LogP contribution in [0.1, 0.15) is 69.4 Å². The molecule has 0 heteroatoms. The van der Waals surface area contributed by atoms with Crippen LogP contribution in [0.5, 0.6) is 0 Å². The minimum Gasteiger partial charge on any atom is -0.0628 e. The summed E-state index contributed by atoms with van der Waals surface area (Å²) in [6, 6.07) is 0. The molecule has 0 radical (unpaired) electrons. The van der Waals surface area contributed by atoms with E-state index in [9.17, 15) is 0 Å². The lowest BCUT2D eigenvalue weighted by Gasteiger charge is -2.14. The molecule has 0 heterocycles. The second kappa shape index (κ2) is 7.41. The van der Waals surface area contributed by atoms with Crippen molar-refractivity contribution < 1.29 is 2.74 Å². The molecule has 3 atom stereocenters. The molecule has 0 nitrogen and oxygen atoms in total. The molecule has 13 heavy (non-hydrogen) atoms. The first-order valence-electron chi connectivity index (χ1n) is 6.84. The zero-order chi connectivity index (χ0) is 12.0. The highest BCUT2D eigenvalue weighted by Crippen LogP contribution is 2.18. The molecule has 0 aliphatic carbocycles. The molecular weight excluding hydrogens is 156 g/mol. The van der Waals surface area contributed by atoms with Crippen molar-refractivity contribution in [1.29, 1.82) is 0 Å². The summed E-state index contributed by atoms with van der Waals surface area (Å²) in [7, 11) is 0. The highest BCUT2D eigenvalue weighted by Gasteiger charge is 2.05. The van der Waals surface area contributed by atoms with Gasteiger partial charge in [0, 0.05) is 2.74 Å². The van der Waals surface area contributed by atoms with Gasteiger partial charge in [-0.05, 0) is 17.8 Å². The lowest BCUT2D eigenvalue weighted by molar-refractivity contribution is 0.372. The lowest BCUT2D eigenvalue weighted by Crippen LogP contribution is -2.03. The molecule has 0 aromatic rings. The van der Waals surface area contributed by atoms with Crippen LogP contribution >= 0.6 is 0 Å². The minimum absolute atomic E-state index is 0.186. The van der Waals surface area contributed by atoms with Crippen molar-refractivity contribution in [2.24, 2.45) is 17.8 Å². The fourth-order valence-corrected chi connectivity index (χ4v) is 1.18. The smallest absolute Gasteiger partial charge is 0.0267 e. The van der Waals surface area contributed by atoms with E-state index in [4.69, 9.17) is 2.74 Å². The van der Waals surface area contributed by atoms with Gasteiger partial charge < -0.3 is 0 Å². The maximum atomic E-state index is 7.92. The summed E-state index contributed by atoms with van der Waals surface area (Å²) >= 11 is 0. The van der Waals surface area contributed by atoms with Crippen molar-refractivity contribution in [3.05, 3.63) is 0 Å². The van der Waals surface area contributed by atoms with E-state index < -0.39 is 0 Å². The summed E-state index contributed by atoms with van der Waals surface area (Å²) in [5.74, 6) is 1.93. The third-order valence-corrected chi connectivity index (χ3v) is 2.70. The van der Waals surface area contributed by atoms with Gasteiger partial charge in [0.15, 0.2) is 0 Å². The molecule has 0 aliphatic rings. The SMILES string of the molecule is [2H]C(CCC(C)C(C)C)C([2H])CC(C)C. The number of rotatable bonds is 7. The van der Waals surface area contributed by atoms with Crippen molar-refractivity contribution in [3.63, 3.8) is 0 Å². The average molecular weight is 186 g/mol. The maximum Gasteiger partial charge on any atom is 0.0267 e. The van der Waals surface area contributed by atoms with Gasteiger partial charge >= 0.3 is 0 Å². The van der Waals surface area contributed by atoms with Crippen LogP contribution in [0, 0.1) is 17.8 Å². The van der Waals surface area contributed by atoms with Crippen molar-refractivity contribution in [2.45, 2.75) is 66.7 Å². The molecule has 0 spiro atoms. The molecule has 0 aromatic heterocycles. The Bertz CT molecular complexity index is 155. The summed E-state index contributed by atoms with van der Waals surface area (Å²) in [6.07, 6.45) is 2.47. The summed E-state index contributed by atoms with van der Waals surface area (Å²) in [4.78, 5) is 0. The largest absolute Gasteiger partial charge is 0.0628 e. The predicted molar refractivity (Wildman–Crippen MR) is 61.9 cm³/mol. The minimum atomic E-state index is -0.190. The highest BCUT2D eigenvalue weighted by atomic mass is 14.1. The molecule has 80 valence electrons. The standard InChI is InChI=1S/C13H28/c1-11(2)9-7-6-8-10-13(5)12(3)4/h11-13H,6-10H2,1-5H3/i6D,7D. The van der Waals surface area contributed by atoms with Gasteiger partial charge in [-0.2, -0.15) is 0 Å². The van der Waals surface area contributed by atoms with Crippen LogP contribution in [0.3, 0.4) is 0 Å². The summed E-state index contributed by atoms with van der Waals surface area (Å²) < 4.78 is 15.8. The van der Waals surface area contributed by atoms with E-state index in [0.29, 0.717) is 17.8 Å². The van der Waals surface area contributed by atoms with E-state index >= 15 is 0 Å². The van der Waals surface area contributed by atoms with Gasteiger partial charge in [0.05, 0.1) is 0 Å². The average Bonchev–Trinajstić information content (AvgIpc) is 2.12. The van der Waals surface area contributed by atoms with E-state index in [-0.39, 0.29) is 12.8 Å². The van der Waals surface area contributed by atoms with E-state index in [1.165, 1.54) is 0 Å². The van der Waals surface area contributed by atoms with Gasteiger partial charge in [0.25, 0.3) is 0 Å². The first-order valence-corrected chi connectivity index (χ1v) is 5.69. The highest BCUT2D eigenvalue weighted by molar-refractivity contribution is 4.57. The Kier molecular flexibility index (Phi) is 5.44. The van der Waals surface area contributed by atoms with Crippen molar-refractivity contribution in [3.8, 4) is 0 Å². The Morgan fingerprint density at radius 2 is 1.54 bits per heavy atom. The molecule has 0 fully saturated rings. The second-order valence-electron chi connectivity index (χ2n) is 4.90. The Morgan fingerprint density at radius 3 is 2.00 bits per heavy atom. The molecule has 0 amide bonds. The quantitative estimate of drug-likeness (QED) is 0.531. The molecular formula is C13H28. The van der Waals surface area contributed by atoms with Crippen LogP contribution in [0.25, 0.3) is 0 Å². The zero-order valence-corrected chi connectivity index (χ0v) is 10.0. The topological polar surface area (TPSA) is 0 Å². The third kappa shape index (κ3) is 8.33. The van der Waals surface area contributed by atoms with Crippen LogP contribution in [-0.2, 0) is 0 Å². The van der Waals surface area contributed by atoms with Crippen LogP contribution in [0.15, 0.2) is 0 Å². The lowest BCUT2D eigenvalue weighted by atomic mass is 9.92. The molecule has 0 bridgehead atoms. The van der Waals surface area contributed by atoms with Gasteiger partial charge in [-0.25, -0.2) is 0 Å². The number of hydrogen-bond donors (Lipinski definition) is 0. The van der Waals surface area contributed by atoms with Crippen molar-refractivity contribution >= 4 is 0 Å². The van der Waals surface area contributed by atoms with E-state index in [1.807, 2.05) is 0 Å². The fraction of sp³-hybridized carbons (Fsp3) is 1.00. The van der Waals surface area contributed by atoms with Gasteiger partial charge in [-0.15, -0.1) is 0 Å². The van der Waals surface area contributed by atoms with Gasteiger partial charge in [-0.3, -0.25) is 0 Å². The third-order valence-electron chi connectivity index (χ3n) is 2.70. The van der Waals surface area contributed by atoms with Crippen molar-refractivity contribution in [1.82, 2.24) is 0 Å². The molecule has 0 rings (SSSR count). The molecule has 0 aromatic carbocycles. The molecule has 0 aliphatic heterocycles. The first-order chi connectivity index (χ1) is 6.84. The van der Waals surface area contributed by atoms with Crippen LogP contribution in [0.4, 0.5) is 0 Å². The number of hydrogen-bond acceptors (Lipinski definition) is 0. The zero-order valence-electron chi connectivity index (χ0n) is 12.0.